The third-order valence-electron chi connectivity index (χ3n) is 3.43. The number of ether oxygens (including phenoxy) is 1. The van der Waals surface area contributed by atoms with Gasteiger partial charge in [0.2, 0.25) is 0 Å². The lowest BCUT2D eigenvalue weighted by Crippen LogP contribution is -2.33. The third-order valence-corrected chi connectivity index (χ3v) is 4.74. The van der Waals surface area contributed by atoms with Gasteiger partial charge >= 0.3 is 0 Å². The Bertz CT molecular complexity index is 793. The van der Waals surface area contributed by atoms with Crippen LogP contribution >= 0.6 is 27.7 Å². The summed E-state index contributed by atoms with van der Waals surface area (Å²) in [5.41, 5.74) is -0.116. The number of hydrogen-bond donors (Lipinski definition) is 4. The second kappa shape index (κ2) is 6.71. The molecule has 0 saturated carbocycles. The molecular weight excluding hydrogens is 392 g/mol. The first-order valence-corrected chi connectivity index (χ1v) is 8.37. The standard InChI is InChI=1S/C12H13BrN4O5S/c13-1-2-23-12-15-9-6(10(21)16-12)14-4-17(9)11-8(20)7(19)5(3-18)22-11/h1-2,4-5,7-8,11,18-20H,3H2,(H,15,16,21)/b2-1+/t5-,7-,8-,11-/m1/s1. The van der Waals surface area contributed by atoms with Gasteiger partial charge in [-0.25, -0.2) is 9.97 Å². The highest BCUT2D eigenvalue weighted by molar-refractivity contribution is 9.11. The van der Waals surface area contributed by atoms with E-state index in [-0.39, 0.29) is 11.2 Å². The summed E-state index contributed by atoms with van der Waals surface area (Å²) in [6.45, 7) is -0.438. The number of halogens is 1. The number of imidazole rings is 1. The summed E-state index contributed by atoms with van der Waals surface area (Å²) in [5.74, 6) is 0. The Kier molecular flexibility index (Phi) is 4.85. The molecule has 1 saturated heterocycles. The Hall–Kier alpha value is -1.24. The van der Waals surface area contributed by atoms with Crippen LogP contribution in [0.3, 0.4) is 0 Å². The number of aliphatic hydroxyl groups is 3. The van der Waals surface area contributed by atoms with Crippen LogP contribution in [0.2, 0.25) is 0 Å². The number of aromatic nitrogens is 4. The van der Waals surface area contributed by atoms with Crippen LogP contribution in [0.25, 0.3) is 11.2 Å². The van der Waals surface area contributed by atoms with E-state index in [1.165, 1.54) is 22.7 Å². The zero-order valence-electron chi connectivity index (χ0n) is 11.5. The van der Waals surface area contributed by atoms with Gasteiger partial charge in [-0.2, -0.15) is 0 Å². The molecule has 11 heteroatoms. The van der Waals surface area contributed by atoms with Crippen LogP contribution in [0.4, 0.5) is 0 Å². The average Bonchev–Trinajstić information content (AvgIpc) is 3.08. The Balaban J connectivity index is 2.05. The maximum Gasteiger partial charge on any atom is 0.279 e. The van der Waals surface area contributed by atoms with Crippen LogP contribution in [0.15, 0.2) is 26.7 Å². The summed E-state index contributed by atoms with van der Waals surface area (Å²) in [4.78, 5) is 24.5. The first-order chi connectivity index (χ1) is 11.1. The lowest BCUT2D eigenvalue weighted by Gasteiger charge is -2.16. The van der Waals surface area contributed by atoms with Crippen LogP contribution in [-0.2, 0) is 4.74 Å². The molecule has 3 heterocycles. The number of thioether (sulfide) groups is 1. The zero-order chi connectivity index (χ0) is 16.6. The average molecular weight is 405 g/mol. The van der Waals surface area contributed by atoms with Gasteiger partial charge in [0.25, 0.3) is 5.56 Å². The van der Waals surface area contributed by atoms with E-state index in [0.29, 0.717) is 5.16 Å². The molecular formula is C12H13BrN4O5S. The minimum Gasteiger partial charge on any atom is -0.394 e. The maximum absolute atomic E-state index is 12.0. The second-order valence-corrected chi connectivity index (χ2v) is 6.23. The Morgan fingerprint density at radius 2 is 2.26 bits per heavy atom. The molecule has 23 heavy (non-hydrogen) atoms. The summed E-state index contributed by atoms with van der Waals surface area (Å²) in [7, 11) is 0. The number of nitrogens with one attached hydrogen (secondary N) is 1. The zero-order valence-corrected chi connectivity index (χ0v) is 13.9. The lowest BCUT2D eigenvalue weighted by molar-refractivity contribution is -0.0511. The predicted octanol–water partition coefficient (Wildman–Crippen LogP) is -0.311. The van der Waals surface area contributed by atoms with Gasteiger partial charge in [0.05, 0.1) is 12.9 Å². The molecule has 124 valence electrons. The fourth-order valence-electron chi connectivity index (χ4n) is 2.35. The molecule has 0 aromatic carbocycles. The first-order valence-electron chi connectivity index (χ1n) is 6.58. The fourth-order valence-corrected chi connectivity index (χ4v) is 3.14. The third kappa shape index (κ3) is 2.95. The molecule has 9 nitrogen and oxygen atoms in total. The second-order valence-electron chi connectivity index (χ2n) is 4.80. The van der Waals surface area contributed by atoms with Crippen molar-refractivity contribution in [2.75, 3.05) is 6.61 Å². The molecule has 0 unspecified atom stereocenters. The topological polar surface area (TPSA) is 133 Å². The van der Waals surface area contributed by atoms with E-state index in [1.807, 2.05) is 0 Å². The Labute approximate surface area is 142 Å². The summed E-state index contributed by atoms with van der Waals surface area (Å²) >= 11 is 4.30. The van der Waals surface area contributed by atoms with Crippen LogP contribution < -0.4 is 5.56 Å². The van der Waals surface area contributed by atoms with Gasteiger partial charge < -0.3 is 20.1 Å². The molecule has 1 aliphatic rings. The summed E-state index contributed by atoms with van der Waals surface area (Å²) in [6, 6.07) is 0. The van der Waals surface area contributed by atoms with E-state index >= 15 is 0 Å². The summed E-state index contributed by atoms with van der Waals surface area (Å²) < 4.78 is 6.81. The molecule has 1 aliphatic heterocycles. The molecule has 0 radical (unpaired) electrons. The van der Waals surface area contributed by atoms with Crippen molar-refractivity contribution >= 4 is 38.9 Å². The highest BCUT2D eigenvalue weighted by Crippen LogP contribution is 2.31. The van der Waals surface area contributed by atoms with Crippen molar-refractivity contribution in [3.63, 3.8) is 0 Å². The molecule has 1 fully saturated rings. The first kappa shape index (κ1) is 16.6. The lowest BCUT2D eigenvalue weighted by atomic mass is 10.1. The minimum atomic E-state index is -1.27. The van der Waals surface area contributed by atoms with Crippen molar-refractivity contribution in [3.05, 3.63) is 27.1 Å². The number of rotatable bonds is 4. The largest absolute Gasteiger partial charge is 0.394 e. The Morgan fingerprint density at radius 1 is 1.48 bits per heavy atom. The fraction of sp³-hybridized carbons (Fsp3) is 0.417. The number of aromatic amines is 1. The molecule has 0 aliphatic carbocycles. The van der Waals surface area contributed by atoms with E-state index < -0.39 is 36.7 Å². The van der Waals surface area contributed by atoms with Crippen LogP contribution in [-0.4, -0.2) is 59.8 Å². The molecule has 0 bridgehead atoms. The molecule has 3 rings (SSSR count). The van der Waals surface area contributed by atoms with Crippen molar-refractivity contribution in [2.45, 2.75) is 29.7 Å². The number of aliphatic hydroxyl groups excluding tert-OH is 3. The van der Waals surface area contributed by atoms with Gasteiger partial charge in [0.1, 0.15) is 18.3 Å². The van der Waals surface area contributed by atoms with Crippen molar-refractivity contribution in [1.82, 2.24) is 19.5 Å². The molecule has 0 amide bonds. The molecule has 2 aromatic heterocycles. The van der Waals surface area contributed by atoms with Crippen molar-refractivity contribution in [1.29, 1.82) is 0 Å². The van der Waals surface area contributed by atoms with Gasteiger partial charge in [-0.1, -0.05) is 27.7 Å². The van der Waals surface area contributed by atoms with E-state index in [0.717, 1.165) is 0 Å². The Morgan fingerprint density at radius 3 is 2.91 bits per heavy atom. The number of fused-ring (bicyclic) bond motifs is 1. The highest BCUT2D eigenvalue weighted by atomic mass is 79.9. The van der Waals surface area contributed by atoms with Gasteiger partial charge in [0.15, 0.2) is 22.5 Å². The molecule has 4 atom stereocenters. The minimum absolute atomic E-state index is 0.0925. The van der Waals surface area contributed by atoms with E-state index in [4.69, 9.17) is 9.84 Å². The van der Waals surface area contributed by atoms with E-state index in [1.54, 1.807) is 10.4 Å². The molecule has 4 N–H and O–H groups in total. The van der Waals surface area contributed by atoms with Crippen molar-refractivity contribution in [3.8, 4) is 0 Å². The van der Waals surface area contributed by atoms with Gasteiger partial charge in [-0.05, 0) is 10.4 Å². The number of nitrogens with zero attached hydrogens (tertiary/aromatic N) is 3. The van der Waals surface area contributed by atoms with Gasteiger partial charge in [-0.3, -0.25) is 14.3 Å². The highest BCUT2D eigenvalue weighted by Gasteiger charge is 2.44. The number of H-pyrrole nitrogens is 1. The van der Waals surface area contributed by atoms with Crippen LogP contribution in [0.5, 0.6) is 0 Å². The summed E-state index contributed by atoms with van der Waals surface area (Å²) in [5, 5.41) is 31.1. The van der Waals surface area contributed by atoms with Crippen LogP contribution in [0.1, 0.15) is 6.23 Å². The van der Waals surface area contributed by atoms with Crippen LogP contribution in [0, 0.1) is 0 Å². The maximum atomic E-state index is 12.0. The normalized spacial score (nSPS) is 28.2. The van der Waals surface area contributed by atoms with E-state index in [2.05, 4.69) is 30.9 Å². The smallest absolute Gasteiger partial charge is 0.279 e. The quantitative estimate of drug-likeness (QED) is 0.402. The molecule has 2 aromatic rings. The van der Waals surface area contributed by atoms with Crippen molar-refractivity contribution in [2.24, 2.45) is 0 Å². The number of hydrogen-bond acceptors (Lipinski definition) is 8. The SMILES string of the molecule is O=c1[nH]c(S/C=C/Br)nc2c1ncn2[C@@H]1O[C@H](CO)[C@@H](O)[C@H]1O. The summed E-state index contributed by atoms with van der Waals surface area (Å²) in [6.07, 6.45) is -3.12. The monoisotopic (exact) mass is 404 g/mol. The van der Waals surface area contributed by atoms with Gasteiger partial charge in [-0.15, -0.1) is 0 Å². The van der Waals surface area contributed by atoms with E-state index in [9.17, 15) is 15.0 Å². The predicted molar refractivity (Wildman–Crippen MR) is 85.1 cm³/mol. The molecule has 0 spiro atoms. The van der Waals surface area contributed by atoms with Gasteiger partial charge in [0, 0.05) is 0 Å². The van der Waals surface area contributed by atoms with Crippen molar-refractivity contribution < 1.29 is 20.1 Å².